The summed E-state index contributed by atoms with van der Waals surface area (Å²) in [4.78, 5) is 15.2. The lowest BCUT2D eigenvalue weighted by Crippen LogP contribution is -2.30. The monoisotopic (exact) mass is 431 g/mol. The minimum absolute atomic E-state index is 0.0168. The highest BCUT2D eigenvalue weighted by atomic mass is 32.1. The van der Waals surface area contributed by atoms with E-state index in [2.05, 4.69) is 4.98 Å². The number of rotatable bonds is 7. The quantitative estimate of drug-likeness (QED) is 0.645. The number of aromatic nitrogens is 1. The third-order valence-electron chi connectivity index (χ3n) is 5.77. The number of carboxylic acids is 1. The van der Waals surface area contributed by atoms with Gasteiger partial charge in [0.25, 0.3) is 0 Å². The van der Waals surface area contributed by atoms with Crippen molar-refractivity contribution in [3.8, 4) is 11.5 Å². The Morgan fingerprint density at radius 2 is 2.13 bits per heavy atom. The summed E-state index contributed by atoms with van der Waals surface area (Å²) in [6, 6.07) is 7.49. The molecule has 0 radical (unpaired) electrons. The third kappa shape index (κ3) is 4.35. The van der Waals surface area contributed by atoms with E-state index in [-0.39, 0.29) is 29.7 Å². The van der Waals surface area contributed by atoms with E-state index in [0.717, 1.165) is 12.8 Å². The molecule has 2 fully saturated rings. The molecule has 2 N–H and O–H groups in total. The Kier molecular flexibility index (Phi) is 6.36. The van der Waals surface area contributed by atoms with Gasteiger partial charge in [0.1, 0.15) is 17.7 Å². The van der Waals surface area contributed by atoms with Gasteiger partial charge in [0, 0.05) is 17.7 Å². The van der Waals surface area contributed by atoms with Crippen LogP contribution in [0.2, 0.25) is 0 Å². The molecule has 2 aromatic rings. The molecule has 0 unspecified atom stereocenters. The fourth-order valence-electron chi connectivity index (χ4n) is 4.34. The topological polar surface area (TPSA) is 98.1 Å². The second kappa shape index (κ2) is 9.16. The predicted molar refractivity (Wildman–Crippen MR) is 111 cm³/mol. The molecule has 1 aromatic heterocycles. The highest BCUT2D eigenvalue weighted by Gasteiger charge is 2.45. The van der Waals surface area contributed by atoms with Gasteiger partial charge in [0.05, 0.1) is 19.3 Å². The minimum atomic E-state index is -1.02. The summed E-state index contributed by atoms with van der Waals surface area (Å²) in [5.74, 6) is 0.595. The summed E-state index contributed by atoms with van der Waals surface area (Å²) >= 11 is 1.32. The summed E-state index contributed by atoms with van der Waals surface area (Å²) in [6.07, 6.45) is 5.48. The summed E-state index contributed by atoms with van der Waals surface area (Å²) in [5.41, 5.74) is 0.0584. The second-order valence-corrected chi connectivity index (χ2v) is 8.44. The lowest BCUT2D eigenvalue weighted by Gasteiger charge is -2.33. The van der Waals surface area contributed by atoms with E-state index in [4.69, 9.17) is 19.3 Å². The average Bonchev–Trinajstić information content (AvgIpc) is 3.36. The van der Waals surface area contributed by atoms with E-state index in [1.807, 2.05) is 36.4 Å². The standard InChI is InChI=1S/C22H25NO6S/c1-27-17-6-2-3-7-18(17)28-10-4-5-13-14-8-9-19(29-20(14)11-16(13)24)21-23-15(12-30-21)22(25)26/h2-7,12-14,16,19-20,24H,8-11H2,1H3,(H,25,26)/b5-4+/t13-,14-,16-,19-,20+/m1/s1. The third-order valence-corrected chi connectivity index (χ3v) is 6.71. The van der Waals surface area contributed by atoms with Crippen LogP contribution in [-0.4, -0.2) is 47.1 Å². The Bertz CT molecular complexity index is 913. The predicted octanol–water partition coefficient (Wildman–Crippen LogP) is 3.70. The van der Waals surface area contributed by atoms with Gasteiger partial charge in [-0.1, -0.05) is 24.3 Å². The highest BCUT2D eigenvalue weighted by Crippen LogP contribution is 2.46. The molecule has 2 heterocycles. The average molecular weight is 432 g/mol. The molecule has 0 amide bonds. The Labute approximate surface area is 178 Å². The van der Waals surface area contributed by atoms with Crippen LogP contribution < -0.4 is 9.47 Å². The SMILES string of the molecule is COc1ccccc1OC/C=C/[C@@H]1[C@H]2CC[C@H](c3nc(C(=O)O)cs3)O[C@H]2C[C@H]1O. The molecule has 5 atom stereocenters. The zero-order valence-corrected chi connectivity index (χ0v) is 17.5. The summed E-state index contributed by atoms with van der Waals surface area (Å²) in [7, 11) is 1.61. The van der Waals surface area contributed by atoms with Crippen molar-refractivity contribution in [1.29, 1.82) is 0 Å². The molecule has 1 aliphatic heterocycles. The number of carbonyl (C=O) groups is 1. The van der Waals surface area contributed by atoms with E-state index < -0.39 is 12.1 Å². The van der Waals surface area contributed by atoms with Crippen LogP contribution in [0.3, 0.4) is 0 Å². The molecule has 8 heteroatoms. The van der Waals surface area contributed by atoms with Gasteiger partial charge in [-0.05, 0) is 30.9 Å². The molecule has 4 rings (SSSR count). The van der Waals surface area contributed by atoms with Gasteiger partial charge < -0.3 is 24.4 Å². The number of nitrogens with zero attached hydrogens (tertiary/aromatic N) is 1. The van der Waals surface area contributed by atoms with Crippen LogP contribution in [0.25, 0.3) is 0 Å². The van der Waals surface area contributed by atoms with Crippen molar-refractivity contribution in [2.45, 2.75) is 37.6 Å². The first-order chi connectivity index (χ1) is 14.6. The Balaban J connectivity index is 1.34. The zero-order valence-electron chi connectivity index (χ0n) is 16.6. The molecule has 2 aliphatic rings. The molecule has 1 saturated heterocycles. The number of aliphatic hydroxyl groups is 1. The fraction of sp³-hybridized carbons (Fsp3) is 0.455. The lowest BCUT2D eigenvalue weighted by molar-refractivity contribution is -0.0767. The number of ether oxygens (including phenoxy) is 3. The maximum absolute atomic E-state index is 11.1. The number of fused-ring (bicyclic) bond motifs is 1. The van der Waals surface area contributed by atoms with E-state index in [0.29, 0.717) is 29.5 Å². The van der Waals surface area contributed by atoms with Gasteiger partial charge in [-0.2, -0.15) is 0 Å². The van der Waals surface area contributed by atoms with E-state index in [1.165, 1.54) is 11.3 Å². The Morgan fingerprint density at radius 3 is 2.87 bits per heavy atom. The lowest BCUT2D eigenvalue weighted by atomic mass is 9.86. The molecule has 1 saturated carbocycles. The van der Waals surface area contributed by atoms with E-state index >= 15 is 0 Å². The maximum atomic E-state index is 11.1. The van der Waals surface area contributed by atoms with Crippen LogP contribution in [-0.2, 0) is 4.74 Å². The van der Waals surface area contributed by atoms with Crippen LogP contribution in [0.1, 0.15) is 40.9 Å². The number of hydrogen-bond donors (Lipinski definition) is 2. The van der Waals surface area contributed by atoms with Crippen LogP contribution in [0.4, 0.5) is 0 Å². The second-order valence-electron chi connectivity index (χ2n) is 7.55. The van der Waals surface area contributed by atoms with Gasteiger partial charge >= 0.3 is 5.97 Å². The number of methoxy groups -OCH3 is 1. The van der Waals surface area contributed by atoms with Gasteiger partial charge in [-0.15, -0.1) is 11.3 Å². The van der Waals surface area contributed by atoms with Crippen LogP contribution in [0, 0.1) is 11.8 Å². The maximum Gasteiger partial charge on any atom is 0.355 e. The van der Waals surface area contributed by atoms with Crippen molar-refractivity contribution >= 4 is 17.3 Å². The number of carboxylic acid groups (broad SMARTS) is 1. The van der Waals surface area contributed by atoms with Gasteiger partial charge in [-0.25, -0.2) is 9.78 Å². The highest BCUT2D eigenvalue weighted by molar-refractivity contribution is 7.09. The van der Waals surface area contributed by atoms with E-state index in [1.54, 1.807) is 12.5 Å². The smallest absolute Gasteiger partial charge is 0.355 e. The number of thiazole rings is 1. The van der Waals surface area contributed by atoms with Crippen molar-refractivity contribution in [3.63, 3.8) is 0 Å². The minimum Gasteiger partial charge on any atom is -0.493 e. The van der Waals surface area contributed by atoms with Crippen LogP contribution >= 0.6 is 11.3 Å². The molecule has 0 bridgehead atoms. The fourth-order valence-corrected chi connectivity index (χ4v) is 5.20. The van der Waals surface area contributed by atoms with Crippen molar-refractivity contribution in [3.05, 3.63) is 52.5 Å². The van der Waals surface area contributed by atoms with Crippen molar-refractivity contribution < 1.29 is 29.2 Å². The summed E-state index contributed by atoms with van der Waals surface area (Å²) in [6.45, 7) is 0.390. The molecule has 0 spiro atoms. The largest absolute Gasteiger partial charge is 0.493 e. The first-order valence-electron chi connectivity index (χ1n) is 10.0. The molecule has 160 valence electrons. The number of para-hydroxylation sites is 2. The molecule has 1 aliphatic carbocycles. The molecular formula is C22H25NO6S. The van der Waals surface area contributed by atoms with Gasteiger partial charge in [-0.3, -0.25) is 0 Å². The molecule has 7 nitrogen and oxygen atoms in total. The number of aliphatic hydroxyl groups excluding tert-OH is 1. The number of aromatic carboxylic acids is 1. The zero-order chi connectivity index (χ0) is 21.1. The first kappa shape index (κ1) is 20.8. The normalized spacial score (nSPS) is 28.4. The van der Waals surface area contributed by atoms with E-state index in [9.17, 15) is 9.90 Å². The van der Waals surface area contributed by atoms with Crippen LogP contribution in [0.5, 0.6) is 11.5 Å². The Hall–Kier alpha value is -2.42. The summed E-state index contributed by atoms with van der Waals surface area (Å²) < 4.78 is 17.3. The van der Waals surface area contributed by atoms with Gasteiger partial charge in [0.2, 0.25) is 0 Å². The van der Waals surface area contributed by atoms with Crippen LogP contribution in [0.15, 0.2) is 41.8 Å². The Morgan fingerprint density at radius 1 is 1.33 bits per heavy atom. The van der Waals surface area contributed by atoms with Crippen molar-refractivity contribution in [1.82, 2.24) is 4.98 Å². The van der Waals surface area contributed by atoms with Crippen molar-refractivity contribution in [2.75, 3.05) is 13.7 Å². The first-order valence-corrected chi connectivity index (χ1v) is 10.9. The molecule has 30 heavy (non-hydrogen) atoms. The number of hydrogen-bond acceptors (Lipinski definition) is 7. The number of benzene rings is 1. The summed E-state index contributed by atoms with van der Waals surface area (Å²) in [5, 5.41) is 21.9. The van der Waals surface area contributed by atoms with Crippen molar-refractivity contribution in [2.24, 2.45) is 11.8 Å². The molecule has 1 aromatic carbocycles. The van der Waals surface area contributed by atoms with Gasteiger partial charge in [0.15, 0.2) is 17.2 Å². The molecular weight excluding hydrogens is 406 g/mol.